The van der Waals surface area contributed by atoms with E-state index in [1.807, 2.05) is 48.5 Å². The second kappa shape index (κ2) is 8.71. The zero-order chi connectivity index (χ0) is 21.9. The van der Waals surface area contributed by atoms with Crippen LogP contribution in [0.3, 0.4) is 0 Å². The number of nitrogens with zero attached hydrogens (tertiary/aromatic N) is 5. The van der Waals surface area contributed by atoms with Crippen LogP contribution in [0.4, 0.5) is 0 Å². The van der Waals surface area contributed by atoms with Crippen LogP contribution in [0.15, 0.2) is 58.2 Å². The second-order valence-corrected chi connectivity index (χ2v) is 7.85. The summed E-state index contributed by atoms with van der Waals surface area (Å²) in [6, 6.07) is 15.1. The number of fused-ring (bicyclic) bond motifs is 1. The Kier molecular flexibility index (Phi) is 5.46. The molecule has 4 aromatic rings. The number of hydrogen-bond acceptors (Lipinski definition) is 9. The second-order valence-electron chi connectivity index (χ2n) is 6.91. The third kappa shape index (κ3) is 4.14. The molecule has 10 nitrogen and oxygen atoms in total. The highest BCUT2D eigenvalue weighted by molar-refractivity contribution is 7.99. The summed E-state index contributed by atoms with van der Waals surface area (Å²) in [5.74, 6) is 2.64. The zero-order valence-corrected chi connectivity index (χ0v) is 17.8. The average Bonchev–Trinajstić information content (AvgIpc) is 3.56. The third-order valence-electron chi connectivity index (χ3n) is 4.74. The van der Waals surface area contributed by atoms with Crippen molar-refractivity contribution in [1.29, 1.82) is 0 Å². The van der Waals surface area contributed by atoms with E-state index in [0.29, 0.717) is 34.8 Å². The molecule has 162 valence electrons. The van der Waals surface area contributed by atoms with E-state index >= 15 is 0 Å². The minimum Gasteiger partial charge on any atom is -0.454 e. The summed E-state index contributed by atoms with van der Waals surface area (Å²) in [5, 5.41) is 15.7. The first-order valence-corrected chi connectivity index (χ1v) is 10.7. The molecular weight excluding hydrogens is 432 g/mol. The molecule has 0 radical (unpaired) electrons. The van der Waals surface area contributed by atoms with Gasteiger partial charge in [-0.25, -0.2) is 0 Å². The van der Waals surface area contributed by atoms with Crippen LogP contribution in [-0.4, -0.2) is 43.4 Å². The van der Waals surface area contributed by atoms with Crippen molar-refractivity contribution in [2.24, 2.45) is 7.05 Å². The minimum atomic E-state index is -0.124. The number of amides is 1. The summed E-state index contributed by atoms with van der Waals surface area (Å²) in [6.07, 6.45) is 0. The third-order valence-corrected chi connectivity index (χ3v) is 5.76. The van der Waals surface area contributed by atoms with Crippen molar-refractivity contribution in [3.8, 4) is 34.6 Å². The normalized spacial score (nSPS) is 12.2. The molecule has 2 aromatic heterocycles. The molecule has 0 spiro atoms. The molecule has 0 unspecified atom stereocenters. The van der Waals surface area contributed by atoms with E-state index in [-0.39, 0.29) is 24.3 Å². The zero-order valence-electron chi connectivity index (χ0n) is 17.0. The lowest BCUT2D eigenvalue weighted by atomic mass is 10.2. The number of nitrogens with one attached hydrogen (secondary N) is 1. The lowest BCUT2D eigenvalue weighted by molar-refractivity contribution is -0.118. The lowest BCUT2D eigenvalue weighted by Gasteiger charge is -2.06. The van der Waals surface area contributed by atoms with Crippen LogP contribution in [0.5, 0.6) is 11.5 Å². The first-order chi connectivity index (χ1) is 15.7. The standard InChI is InChI=1S/C21H18N6O4S/c1-27-19(20-23-18(26-31-20)14-5-3-2-4-6-14)24-25-21(27)32-11-17(28)22-10-13-7-8-15-16(9-13)30-12-29-15/h2-9H,10-12H2,1H3,(H,22,28). The van der Waals surface area contributed by atoms with Gasteiger partial charge in [0.2, 0.25) is 24.3 Å². The maximum Gasteiger partial charge on any atom is 0.296 e. The van der Waals surface area contributed by atoms with Gasteiger partial charge in [0, 0.05) is 19.2 Å². The molecule has 1 aliphatic rings. The van der Waals surface area contributed by atoms with Crippen molar-refractivity contribution in [3.05, 3.63) is 54.1 Å². The van der Waals surface area contributed by atoms with Gasteiger partial charge in [0.1, 0.15) is 0 Å². The molecule has 0 aliphatic carbocycles. The van der Waals surface area contributed by atoms with Gasteiger partial charge in [0.05, 0.1) is 5.75 Å². The van der Waals surface area contributed by atoms with Gasteiger partial charge >= 0.3 is 0 Å². The molecule has 0 atom stereocenters. The van der Waals surface area contributed by atoms with Crippen LogP contribution >= 0.6 is 11.8 Å². The maximum atomic E-state index is 12.3. The van der Waals surface area contributed by atoms with Gasteiger partial charge in [0.15, 0.2) is 16.7 Å². The van der Waals surface area contributed by atoms with E-state index in [1.54, 1.807) is 11.6 Å². The highest BCUT2D eigenvalue weighted by atomic mass is 32.2. The number of carbonyl (C=O) groups is 1. The Morgan fingerprint density at radius 3 is 2.84 bits per heavy atom. The van der Waals surface area contributed by atoms with Crippen LogP contribution in [0.2, 0.25) is 0 Å². The van der Waals surface area contributed by atoms with Crippen LogP contribution < -0.4 is 14.8 Å². The molecule has 1 N–H and O–H groups in total. The van der Waals surface area contributed by atoms with Crippen LogP contribution in [0.1, 0.15) is 5.56 Å². The number of carbonyl (C=O) groups excluding carboxylic acids is 1. The lowest BCUT2D eigenvalue weighted by Crippen LogP contribution is -2.24. The Morgan fingerprint density at radius 2 is 1.97 bits per heavy atom. The van der Waals surface area contributed by atoms with Crippen molar-refractivity contribution in [1.82, 2.24) is 30.2 Å². The number of rotatable bonds is 7. The number of ether oxygens (including phenoxy) is 2. The number of hydrogen-bond donors (Lipinski definition) is 1. The van der Waals surface area contributed by atoms with Crippen LogP contribution in [-0.2, 0) is 18.4 Å². The summed E-state index contributed by atoms with van der Waals surface area (Å²) in [4.78, 5) is 16.7. The minimum absolute atomic E-state index is 0.124. The van der Waals surface area contributed by atoms with Crippen LogP contribution in [0.25, 0.3) is 23.1 Å². The van der Waals surface area contributed by atoms with E-state index < -0.39 is 0 Å². The monoisotopic (exact) mass is 450 g/mol. The first-order valence-electron chi connectivity index (χ1n) is 9.74. The van der Waals surface area contributed by atoms with E-state index in [1.165, 1.54) is 11.8 Å². The van der Waals surface area contributed by atoms with Gasteiger partial charge in [-0.2, -0.15) is 4.98 Å². The van der Waals surface area contributed by atoms with Crippen molar-refractivity contribution < 1.29 is 18.8 Å². The van der Waals surface area contributed by atoms with Crippen LogP contribution in [0, 0.1) is 0 Å². The molecular formula is C21H18N6O4S. The first kappa shape index (κ1) is 20.1. The van der Waals surface area contributed by atoms with Gasteiger partial charge in [-0.3, -0.25) is 4.79 Å². The SMILES string of the molecule is Cn1c(SCC(=O)NCc2ccc3c(c2)OCO3)nnc1-c1nc(-c2ccccc2)no1. The van der Waals surface area contributed by atoms with Crippen molar-refractivity contribution >= 4 is 17.7 Å². The van der Waals surface area contributed by atoms with Gasteiger partial charge in [0.25, 0.3) is 5.89 Å². The van der Waals surface area contributed by atoms with E-state index in [2.05, 4.69) is 25.7 Å². The van der Waals surface area contributed by atoms with Crippen molar-refractivity contribution in [3.63, 3.8) is 0 Å². The Balaban J connectivity index is 1.18. The summed E-state index contributed by atoms with van der Waals surface area (Å²) in [5.41, 5.74) is 1.78. The summed E-state index contributed by atoms with van der Waals surface area (Å²) >= 11 is 1.27. The van der Waals surface area contributed by atoms with Gasteiger partial charge in [-0.15, -0.1) is 10.2 Å². The number of benzene rings is 2. The molecule has 3 heterocycles. The molecule has 0 saturated carbocycles. The fraction of sp³-hybridized carbons (Fsp3) is 0.190. The molecule has 32 heavy (non-hydrogen) atoms. The highest BCUT2D eigenvalue weighted by Crippen LogP contribution is 2.32. The predicted octanol–water partition coefficient (Wildman–Crippen LogP) is 2.67. The van der Waals surface area contributed by atoms with Gasteiger partial charge in [-0.1, -0.05) is 53.3 Å². The van der Waals surface area contributed by atoms with E-state index in [4.69, 9.17) is 14.0 Å². The maximum absolute atomic E-state index is 12.3. The Bertz CT molecular complexity index is 1260. The van der Waals surface area contributed by atoms with Crippen molar-refractivity contribution in [2.45, 2.75) is 11.7 Å². The largest absolute Gasteiger partial charge is 0.454 e. The quantitative estimate of drug-likeness (QED) is 0.424. The fourth-order valence-corrected chi connectivity index (χ4v) is 3.82. The van der Waals surface area contributed by atoms with Gasteiger partial charge < -0.3 is 23.9 Å². The molecule has 0 fully saturated rings. The fourth-order valence-electron chi connectivity index (χ4n) is 3.08. The number of aromatic nitrogens is 5. The van der Waals surface area contributed by atoms with E-state index in [0.717, 1.165) is 11.1 Å². The predicted molar refractivity (Wildman–Crippen MR) is 115 cm³/mol. The Hall–Kier alpha value is -3.86. The number of thioether (sulfide) groups is 1. The topological polar surface area (TPSA) is 117 Å². The van der Waals surface area contributed by atoms with Crippen molar-refractivity contribution in [2.75, 3.05) is 12.5 Å². The average molecular weight is 450 g/mol. The van der Waals surface area contributed by atoms with Gasteiger partial charge in [-0.05, 0) is 17.7 Å². The molecule has 1 aliphatic heterocycles. The molecule has 2 aromatic carbocycles. The summed E-state index contributed by atoms with van der Waals surface area (Å²) in [6.45, 7) is 0.614. The molecule has 0 saturated heterocycles. The molecule has 11 heteroatoms. The summed E-state index contributed by atoms with van der Waals surface area (Å²) in [7, 11) is 1.79. The van der Waals surface area contributed by atoms with E-state index in [9.17, 15) is 4.79 Å². The highest BCUT2D eigenvalue weighted by Gasteiger charge is 2.19. The Labute approximate surface area is 186 Å². The Morgan fingerprint density at radius 1 is 1.12 bits per heavy atom. The molecule has 5 rings (SSSR count). The molecule has 0 bridgehead atoms. The summed E-state index contributed by atoms with van der Waals surface area (Å²) < 4.78 is 17.7. The smallest absolute Gasteiger partial charge is 0.296 e. The molecule has 1 amide bonds.